The van der Waals surface area contributed by atoms with E-state index in [0.29, 0.717) is 10.6 Å². The number of amides is 4. The summed E-state index contributed by atoms with van der Waals surface area (Å²) in [4.78, 5) is 75.0. The summed E-state index contributed by atoms with van der Waals surface area (Å²) >= 11 is 1.95. The van der Waals surface area contributed by atoms with E-state index in [-0.39, 0.29) is 68.8 Å². The van der Waals surface area contributed by atoms with E-state index in [9.17, 15) is 42.6 Å². The van der Waals surface area contributed by atoms with Gasteiger partial charge in [-0.15, -0.1) is 23.1 Å². The van der Waals surface area contributed by atoms with Gasteiger partial charge in [0.05, 0.1) is 28.5 Å². The summed E-state index contributed by atoms with van der Waals surface area (Å²) in [6, 6.07) is 0.872. The number of nitrogens with zero attached hydrogens (tertiary/aromatic N) is 4. The van der Waals surface area contributed by atoms with Crippen LogP contribution < -0.4 is 65.9 Å². The van der Waals surface area contributed by atoms with E-state index in [4.69, 9.17) is 21.0 Å². The molecule has 4 heterocycles. The minimum Gasteiger partial charge on any atom is -0.543 e. The number of fused-ring (bicyclic) bond motifs is 1. The van der Waals surface area contributed by atoms with E-state index in [0.717, 1.165) is 41.1 Å². The Hall–Kier alpha value is -4.52. The van der Waals surface area contributed by atoms with Crippen LogP contribution in [0.15, 0.2) is 52.0 Å². The summed E-state index contributed by atoms with van der Waals surface area (Å²) in [5.41, 5.74) is 5.12. The molecule has 3 aromatic rings. The Morgan fingerprint density at radius 1 is 1.28 bits per heavy atom. The number of sulfonamides is 1. The van der Waals surface area contributed by atoms with E-state index in [1.54, 1.807) is 0 Å². The predicted octanol–water partition coefficient (Wildman–Crippen LogP) is -4.96. The Bertz CT molecular complexity index is 2070. The Morgan fingerprint density at radius 3 is 2.50 bits per heavy atom. The number of aromatic amines is 1. The Kier molecular flexibility index (Phi) is 11.6. The third-order valence-corrected chi connectivity index (χ3v) is 10.0. The van der Waals surface area contributed by atoms with Gasteiger partial charge in [0.15, 0.2) is 10.8 Å². The number of anilines is 3. The fourth-order valence-corrected chi connectivity index (χ4v) is 7.34. The molecule has 2 aliphatic heterocycles. The molecule has 24 heteroatoms. The average Bonchev–Trinajstić information content (AvgIpc) is 3.46. The molecule has 0 radical (unpaired) electrons. The molecule has 2 aromatic heterocycles. The zero-order valence-corrected chi connectivity index (χ0v) is 30.3. The monoisotopic (exact) mass is 756 g/mol. The van der Waals surface area contributed by atoms with Gasteiger partial charge < -0.3 is 41.1 Å². The van der Waals surface area contributed by atoms with Crippen molar-refractivity contribution in [3.8, 4) is 5.88 Å². The van der Waals surface area contributed by atoms with Gasteiger partial charge >= 0.3 is 41.6 Å². The SMILES string of the molecule is CC(=O)OCC1=C(C(=O)[O-])N2C(=O)[C@@H](NC(=O)C(c3csc(=N)[nH]3)N(C(N)=O)c3cnc(Nc4ccc(S(N)(=O)=O)cc4)nc3O)[C@@H]2SC1.[Na+]. The van der Waals surface area contributed by atoms with Crippen molar-refractivity contribution in [2.45, 2.75) is 29.3 Å². The normalized spacial score (nSPS) is 17.4. The fraction of sp³-hybridized carbons (Fsp3) is 0.231. The number of aromatic nitrogens is 3. The van der Waals surface area contributed by atoms with Gasteiger partial charge in [-0.2, -0.15) is 4.98 Å². The fourth-order valence-electron chi connectivity index (χ4n) is 4.89. The number of carboxylic acids is 1. The number of carbonyl (C=O) groups is 5. The number of nitrogens with one attached hydrogen (secondary N) is 4. The van der Waals surface area contributed by atoms with Crippen LogP contribution in [0.4, 0.5) is 22.1 Å². The van der Waals surface area contributed by atoms with Crippen LogP contribution in [-0.4, -0.2) is 86.9 Å². The molecule has 0 bridgehead atoms. The molecule has 1 unspecified atom stereocenters. The van der Waals surface area contributed by atoms with Crippen LogP contribution in [0.5, 0.6) is 5.88 Å². The predicted molar refractivity (Wildman–Crippen MR) is 168 cm³/mol. The van der Waals surface area contributed by atoms with Gasteiger partial charge in [-0.05, 0) is 24.3 Å². The number of carbonyl (C=O) groups excluding carboxylic acids is 5. The zero-order chi connectivity index (χ0) is 35.8. The number of primary amides is 1. The molecule has 0 saturated carbocycles. The number of nitrogens with two attached hydrogens (primary N) is 2. The Morgan fingerprint density at radius 2 is 1.96 bits per heavy atom. The van der Waals surface area contributed by atoms with Crippen LogP contribution in [0, 0.1) is 5.41 Å². The summed E-state index contributed by atoms with van der Waals surface area (Å²) < 4.78 is 27.9. The maximum Gasteiger partial charge on any atom is 1.00 e. The molecule has 4 amide bonds. The van der Waals surface area contributed by atoms with Crippen molar-refractivity contribution in [2.24, 2.45) is 10.9 Å². The van der Waals surface area contributed by atoms with Crippen LogP contribution in [-0.2, 0) is 33.9 Å². The number of ether oxygens (including phenoxy) is 1. The molecular formula is C26H25N10NaO10S3. The van der Waals surface area contributed by atoms with Crippen molar-refractivity contribution in [2.75, 3.05) is 22.6 Å². The van der Waals surface area contributed by atoms with Crippen LogP contribution in [0.3, 0.4) is 0 Å². The van der Waals surface area contributed by atoms with Crippen molar-refractivity contribution >= 4 is 80.2 Å². The van der Waals surface area contributed by atoms with Crippen LogP contribution >= 0.6 is 23.1 Å². The van der Waals surface area contributed by atoms with Crippen molar-refractivity contribution in [1.82, 2.24) is 25.2 Å². The van der Waals surface area contributed by atoms with Crippen molar-refractivity contribution in [3.63, 3.8) is 0 Å². The van der Waals surface area contributed by atoms with Crippen LogP contribution in [0.2, 0.25) is 0 Å². The minimum absolute atomic E-state index is 0. The molecule has 1 fully saturated rings. The van der Waals surface area contributed by atoms with Gasteiger partial charge in [0.25, 0.3) is 5.91 Å². The number of primary sulfonamides is 1. The molecule has 3 atom stereocenters. The van der Waals surface area contributed by atoms with E-state index in [1.165, 1.54) is 29.6 Å². The number of aliphatic carboxylic acids is 1. The number of thioether (sulfide) groups is 1. The number of hydrogen-bond acceptors (Lipinski definition) is 16. The van der Waals surface area contributed by atoms with Gasteiger partial charge in [0.2, 0.25) is 27.8 Å². The summed E-state index contributed by atoms with van der Waals surface area (Å²) in [6.45, 7) is 0.749. The second-order valence-electron chi connectivity index (χ2n) is 10.3. The summed E-state index contributed by atoms with van der Waals surface area (Å²) in [5.74, 6) is -5.19. The molecule has 258 valence electrons. The van der Waals surface area contributed by atoms with Crippen molar-refractivity contribution < 1.29 is 76.9 Å². The number of rotatable bonds is 11. The van der Waals surface area contributed by atoms with Crippen LogP contribution in [0.25, 0.3) is 0 Å². The first-order chi connectivity index (χ1) is 23.1. The molecule has 9 N–H and O–H groups in total. The molecular weight excluding hydrogens is 732 g/mol. The second kappa shape index (κ2) is 15.2. The number of hydrogen-bond donors (Lipinski definition) is 7. The third-order valence-electron chi connectivity index (χ3n) is 7.04. The van der Waals surface area contributed by atoms with Gasteiger partial charge in [-0.3, -0.25) is 29.6 Å². The van der Waals surface area contributed by atoms with Gasteiger partial charge in [-0.1, -0.05) is 0 Å². The number of carboxylic acid groups (broad SMARTS) is 1. The number of benzene rings is 1. The molecule has 5 rings (SSSR count). The van der Waals surface area contributed by atoms with Gasteiger partial charge in [0, 0.05) is 29.3 Å². The number of β-lactam (4-membered cyclic amide) rings is 1. The maximum atomic E-state index is 13.9. The average molecular weight is 757 g/mol. The first-order valence-electron chi connectivity index (χ1n) is 13.7. The number of aromatic hydroxyl groups is 1. The number of esters is 1. The quantitative estimate of drug-likeness (QED) is 0.0548. The van der Waals surface area contributed by atoms with E-state index >= 15 is 0 Å². The standard InChI is InChI=1S/C26H26N10O10S3.Na/c1-10(37)46-7-11-8-47-22-16(21(40)36(22)17(11)23(41)42)33-20(39)18(14-9-48-24(27)32-14)35(25(28)43)15-6-30-26(34-19(15)38)31-12-2-4-13(5-3-12)49(29,44)45;/h2-6,9,16,18,22H,7-8H2,1H3,(H2,27,32)(H2,28,43)(H,33,39)(H,41,42)(H2,29,44,45)(H2,30,31,34,38);/q;+1/p-1/t16-,18?,22+;/m1./s1. The van der Waals surface area contributed by atoms with Gasteiger partial charge in [-0.25, -0.2) is 23.3 Å². The topological polar surface area (TPSA) is 320 Å². The number of urea groups is 1. The van der Waals surface area contributed by atoms with Crippen molar-refractivity contribution in [3.05, 3.63) is 57.6 Å². The minimum atomic E-state index is -3.95. The summed E-state index contributed by atoms with van der Waals surface area (Å²) in [5, 5.41) is 41.5. The smallest absolute Gasteiger partial charge is 0.543 e. The second-order valence-corrected chi connectivity index (χ2v) is 13.8. The summed E-state index contributed by atoms with van der Waals surface area (Å²) in [6.07, 6.45) is 0.969. The summed E-state index contributed by atoms with van der Waals surface area (Å²) in [7, 11) is -3.95. The maximum absolute atomic E-state index is 13.9. The first kappa shape index (κ1) is 38.3. The third kappa shape index (κ3) is 7.93. The molecule has 1 saturated heterocycles. The molecule has 2 aliphatic rings. The first-order valence-corrected chi connectivity index (χ1v) is 17.1. The Balaban J connectivity index is 0.00000562. The zero-order valence-electron chi connectivity index (χ0n) is 25.9. The molecule has 1 aromatic carbocycles. The van der Waals surface area contributed by atoms with E-state index in [2.05, 4.69) is 25.6 Å². The molecule has 20 nitrogen and oxygen atoms in total. The largest absolute Gasteiger partial charge is 1.00 e. The van der Waals surface area contributed by atoms with E-state index < -0.39 is 74.5 Å². The van der Waals surface area contributed by atoms with Gasteiger partial charge in [0.1, 0.15) is 23.7 Å². The molecule has 0 spiro atoms. The number of H-pyrrole nitrogens is 1. The molecule has 0 aliphatic carbocycles. The van der Waals surface area contributed by atoms with Crippen LogP contribution in [0.1, 0.15) is 18.7 Å². The number of thiazole rings is 1. The Labute approximate surface area is 312 Å². The molecule has 50 heavy (non-hydrogen) atoms. The van der Waals surface area contributed by atoms with Crippen molar-refractivity contribution in [1.29, 1.82) is 5.41 Å². The van der Waals surface area contributed by atoms with E-state index in [1.807, 2.05) is 0 Å².